The maximum Gasteiger partial charge on any atom is 0.335 e. The number of hydrogen-bond acceptors (Lipinski definition) is 7. The van der Waals surface area contributed by atoms with E-state index in [0.717, 1.165) is 26.8 Å². The highest BCUT2D eigenvalue weighted by molar-refractivity contribution is 6.39. The molecule has 9 nitrogen and oxygen atoms in total. The van der Waals surface area contributed by atoms with Crippen LogP contribution in [0.15, 0.2) is 91.0 Å². The maximum atomic E-state index is 13.5. The van der Waals surface area contributed by atoms with Gasteiger partial charge in [0.25, 0.3) is 11.8 Å². The van der Waals surface area contributed by atoms with Crippen LogP contribution in [-0.2, 0) is 22.6 Å². The number of ether oxygens (including phenoxy) is 4. The van der Waals surface area contributed by atoms with E-state index >= 15 is 0 Å². The number of nitrogens with one attached hydrogen (secondary N) is 1. The smallest absolute Gasteiger partial charge is 0.335 e. The van der Waals surface area contributed by atoms with E-state index in [1.165, 1.54) is 12.1 Å². The Morgan fingerprint density at radius 3 is 2.58 bits per heavy atom. The van der Waals surface area contributed by atoms with Gasteiger partial charge in [-0.2, -0.15) is 0 Å². The van der Waals surface area contributed by atoms with Crippen molar-refractivity contribution in [2.24, 2.45) is 0 Å². The molecule has 2 heterocycles. The number of fused-ring (bicyclic) bond motifs is 2. The number of carbonyl (C=O) groups excluding carboxylic acids is 3. The van der Waals surface area contributed by atoms with Gasteiger partial charge in [0.05, 0.1) is 12.3 Å². The Labute approximate surface area is 247 Å². The van der Waals surface area contributed by atoms with E-state index in [9.17, 15) is 14.4 Å². The number of carbonyl (C=O) groups is 3. The quantitative estimate of drug-likeness (QED) is 0.149. The van der Waals surface area contributed by atoms with Crippen LogP contribution in [0.3, 0.4) is 0 Å². The number of urea groups is 1. The van der Waals surface area contributed by atoms with Crippen molar-refractivity contribution in [3.8, 4) is 23.0 Å². The standard InChI is InChI=1S/C34H28N2O7/c1-3-8-23-15-21(17-30(40-4-2)31(23)41-19-24-11-7-10-22-9-5-6-12-26(22)24)16-27-32(37)35-34(39)36(33(27)38)25-13-14-28-29(18-25)43-20-42-28/h3,5-7,9-18H,1,4,8,19-20H2,2H3,(H,35,37,39)/b27-16+. The molecule has 4 aromatic carbocycles. The lowest BCUT2D eigenvalue weighted by Crippen LogP contribution is -2.54. The Hall–Kier alpha value is -5.57. The Kier molecular flexibility index (Phi) is 7.53. The van der Waals surface area contributed by atoms with Crippen LogP contribution in [0.2, 0.25) is 0 Å². The molecule has 6 rings (SSSR count). The Morgan fingerprint density at radius 2 is 1.74 bits per heavy atom. The van der Waals surface area contributed by atoms with Gasteiger partial charge in [0, 0.05) is 11.6 Å². The summed E-state index contributed by atoms with van der Waals surface area (Å²) in [6.07, 6.45) is 3.63. The molecule has 2 aliphatic rings. The van der Waals surface area contributed by atoms with Crippen molar-refractivity contribution in [3.05, 3.63) is 108 Å². The van der Waals surface area contributed by atoms with E-state index in [2.05, 4.69) is 30.1 Å². The fraction of sp³-hybridized carbons (Fsp3) is 0.147. The number of imide groups is 2. The second-order valence-corrected chi connectivity index (χ2v) is 9.86. The molecule has 0 saturated carbocycles. The SMILES string of the molecule is C=CCc1cc(/C=C2\C(=O)NC(=O)N(c3ccc4c(c3)OCO4)C2=O)cc(OCC)c1OCc1cccc2ccccc12. The molecule has 216 valence electrons. The van der Waals surface area contributed by atoms with Crippen LogP contribution >= 0.6 is 0 Å². The van der Waals surface area contributed by atoms with Crippen molar-refractivity contribution in [2.45, 2.75) is 20.0 Å². The van der Waals surface area contributed by atoms with Gasteiger partial charge in [-0.3, -0.25) is 14.9 Å². The van der Waals surface area contributed by atoms with Crippen LogP contribution in [0, 0.1) is 0 Å². The first-order valence-electron chi connectivity index (χ1n) is 13.8. The first kappa shape index (κ1) is 27.6. The summed E-state index contributed by atoms with van der Waals surface area (Å²) in [7, 11) is 0. The first-order chi connectivity index (χ1) is 21.0. The fourth-order valence-corrected chi connectivity index (χ4v) is 5.15. The van der Waals surface area contributed by atoms with Gasteiger partial charge in [0.2, 0.25) is 6.79 Å². The lowest BCUT2D eigenvalue weighted by atomic mass is 10.0. The van der Waals surface area contributed by atoms with E-state index in [1.807, 2.05) is 37.3 Å². The number of benzene rings is 4. The average Bonchev–Trinajstić information content (AvgIpc) is 3.47. The molecule has 0 atom stereocenters. The third-order valence-corrected chi connectivity index (χ3v) is 7.10. The van der Waals surface area contributed by atoms with Crippen LogP contribution in [-0.4, -0.2) is 31.2 Å². The molecule has 0 unspecified atom stereocenters. The molecule has 4 amide bonds. The van der Waals surface area contributed by atoms with Crippen LogP contribution < -0.4 is 29.2 Å². The minimum atomic E-state index is -0.856. The van der Waals surface area contributed by atoms with Gasteiger partial charge >= 0.3 is 6.03 Å². The van der Waals surface area contributed by atoms with E-state index in [4.69, 9.17) is 18.9 Å². The summed E-state index contributed by atoms with van der Waals surface area (Å²) in [6, 6.07) is 21.5. The molecule has 1 saturated heterocycles. The molecular weight excluding hydrogens is 548 g/mol. The first-order valence-corrected chi connectivity index (χ1v) is 13.8. The highest BCUT2D eigenvalue weighted by atomic mass is 16.7. The van der Waals surface area contributed by atoms with Crippen molar-refractivity contribution in [2.75, 3.05) is 18.3 Å². The third kappa shape index (κ3) is 5.40. The van der Waals surface area contributed by atoms with Crippen LogP contribution in [0.25, 0.3) is 16.8 Å². The molecule has 0 aromatic heterocycles. The number of barbiturate groups is 1. The molecule has 0 bridgehead atoms. The molecular formula is C34H28N2O7. The molecule has 4 aromatic rings. The number of hydrogen-bond donors (Lipinski definition) is 1. The predicted octanol–water partition coefficient (Wildman–Crippen LogP) is 5.94. The average molecular weight is 577 g/mol. The molecule has 1 N–H and O–H groups in total. The lowest BCUT2D eigenvalue weighted by Gasteiger charge is -2.26. The van der Waals surface area contributed by atoms with E-state index in [0.29, 0.717) is 48.2 Å². The zero-order chi connectivity index (χ0) is 29.9. The number of nitrogens with zero attached hydrogens (tertiary/aromatic N) is 1. The van der Waals surface area contributed by atoms with Gasteiger partial charge < -0.3 is 18.9 Å². The van der Waals surface area contributed by atoms with Crippen molar-refractivity contribution in [1.82, 2.24) is 5.32 Å². The molecule has 1 fully saturated rings. The van der Waals surface area contributed by atoms with Gasteiger partial charge in [0.15, 0.2) is 23.0 Å². The summed E-state index contributed by atoms with van der Waals surface area (Å²) in [5.74, 6) is 0.338. The van der Waals surface area contributed by atoms with Crippen LogP contribution in [0.1, 0.15) is 23.6 Å². The zero-order valence-electron chi connectivity index (χ0n) is 23.4. The van der Waals surface area contributed by atoms with E-state index in [-0.39, 0.29) is 18.1 Å². The van der Waals surface area contributed by atoms with Gasteiger partial charge in [-0.05, 0) is 65.6 Å². The Morgan fingerprint density at radius 1 is 0.930 bits per heavy atom. The van der Waals surface area contributed by atoms with Crippen LogP contribution in [0.5, 0.6) is 23.0 Å². The minimum Gasteiger partial charge on any atom is -0.490 e. The monoisotopic (exact) mass is 576 g/mol. The van der Waals surface area contributed by atoms with Crippen molar-refractivity contribution in [1.29, 1.82) is 0 Å². The van der Waals surface area contributed by atoms with Gasteiger partial charge in [-0.25, -0.2) is 9.69 Å². The van der Waals surface area contributed by atoms with Gasteiger partial charge in [-0.1, -0.05) is 48.5 Å². The Bertz CT molecular complexity index is 1810. The molecule has 43 heavy (non-hydrogen) atoms. The highest BCUT2D eigenvalue weighted by Crippen LogP contribution is 2.38. The fourth-order valence-electron chi connectivity index (χ4n) is 5.15. The number of allylic oxidation sites excluding steroid dienone is 1. The normalized spacial score (nSPS) is 15.1. The van der Waals surface area contributed by atoms with Gasteiger partial charge in [-0.15, -0.1) is 6.58 Å². The van der Waals surface area contributed by atoms with Crippen molar-refractivity contribution in [3.63, 3.8) is 0 Å². The summed E-state index contributed by atoms with van der Waals surface area (Å²) in [6.45, 7) is 6.46. The molecule has 0 spiro atoms. The Balaban J connectivity index is 1.35. The highest BCUT2D eigenvalue weighted by Gasteiger charge is 2.37. The summed E-state index contributed by atoms with van der Waals surface area (Å²) >= 11 is 0. The summed E-state index contributed by atoms with van der Waals surface area (Å²) in [4.78, 5) is 40.0. The van der Waals surface area contributed by atoms with Gasteiger partial charge in [0.1, 0.15) is 12.2 Å². The maximum absolute atomic E-state index is 13.5. The molecule has 9 heteroatoms. The molecule has 0 aliphatic carbocycles. The largest absolute Gasteiger partial charge is 0.490 e. The molecule has 0 radical (unpaired) electrons. The second kappa shape index (κ2) is 11.7. The summed E-state index contributed by atoms with van der Waals surface area (Å²) < 4.78 is 23.0. The third-order valence-electron chi connectivity index (χ3n) is 7.10. The summed E-state index contributed by atoms with van der Waals surface area (Å²) in [5.41, 5.74) is 2.34. The minimum absolute atomic E-state index is 0.0411. The van der Waals surface area contributed by atoms with Crippen LogP contribution in [0.4, 0.5) is 10.5 Å². The number of anilines is 1. The van der Waals surface area contributed by atoms with Crippen molar-refractivity contribution >= 4 is 40.4 Å². The molecule has 2 aliphatic heterocycles. The topological polar surface area (TPSA) is 103 Å². The van der Waals surface area contributed by atoms with E-state index < -0.39 is 17.8 Å². The second-order valence-electron chi connectivity index (χ2n) is 9.86. The zero-order valence-corrected chi connectivity index (χ0v) is 23.4. The van der Waals surface area contributed by atoms with Crippen molar-refractivity contribution < 1.29 is 33.3 Å². The number of amides is 4. The predicted molar refractivity (Wildman–Crippen MR) is 161 cm³/mol. The lowest BCUT2D eigenvalue weighted by molar-refractivity contribution is -0.122. The summed E-state index contributed by atoms with van der Waals surface area (Å²) in [5, 5.41) is 4.47. The van der Waals surface area contributed by atoms with E-state index in [1.54, 1.807) is 24.3 Å². The number of rotatable bonds is 9.